The van der Waals surface area contributed by atoms with Gasteiger partial charge in [0.2, 0.25) is 5.82 Å². The summed E-state index contributed by atoms with van der Waals surface area (Å²) >= 11 is 0. The number of aliphatic hydroxyl groups is 1. The van der Waals surface area contributed by atoms with Gasteiger partial charge >= 0.3 is 6.18 Å². The second-order valence-electron chi connectivity index (χ2n) is 7.77. The summed E-state index contributed by atoms with van der Waals surface area (Å²) in [5.74, 6) is 0.311. The van der Waals surface area contributed by atoms with Crippen molar-refractivity contribution in [2.45, 2.75) is 24.7 Å². The zero-order valence-corrected chi connectivity index (χ0v) is 17.0. The normalized spacial score (nSPS) is 19.2. The molecule has 1 aliphatic rings. The average molecular weight is 446 g/mol. The minimum atomic E-state index is -4.40. The number of para-hydroxylation sites is 1. The number of tetrazole rings is 1. The SMILES string of the molecule is O=CCN1CC[C@](O)(Cn2nnc(-c3ccccc3Nc3ccc(C(F)(F)F)cc3)n2)C1. The van der Waals surface area contributed by atoms with Crippen LogP contribution in [0.25, 0.3) is 11.4 Å². The van der Waals surface area contributed by atoms with E-state index in [0.29, 0.717) is 42.3 Å². The lowest BCUT2D eigenvalue weighted by molar-refractivity contribution is -0.137. The first kappa shape index (κ1) is 21.9. The number of likely N-dealkylation sites (tertiary alicyclic amines) is 1. The lowest BCUT2D eigenvalue weighted by Crippen LogP contribution is -2.38. The van der Waals surface area contributed by atoms with E-state index in [1.54, 1.807) is 24.3 Å². The number of hydrogen-bond acceptors (Lipinski definition) is 7. The molecule has 1 aromatic heterocycles. The Morgan fingerprint density at radius 2 is 1.91 bits per heavy atom. The molecule has 0 aliphatic carbocycles. The van der Waals surface area contributed by atoms with Crippen LogP contribution in [0.2, 0.25) is 0 Å². The predicted octanol–water partition coefficient (Wildman–Crippen LogP) is 2.74. The van der Waals surface area contributed by atoms with Gasteiger partial charge in [-0.2, -0.15) is 18.0 Å². The molecule has 0 radical (unpaired) electrons. The van der Waals surface area contributed by atoms with Gasteiger partial charge in [0.1, 0.15) is 6.29 Å². The zero-order valence-electron chi connectivity index (χ0n) is 17.0. The van der Waals surface area contributed by atoms with Crippen LogP contribution in [0.15, 0.2) is 48.5 Å². The average Bonchev–Trinajstić information content (AvgIpc) is 3.35. The molecule has 0 unspecified atom stereocenters. The highest BCUT2D eigenvalue weighted by Crippen LogP contribution is 2.32. The van der Waals surface area contributed by atoms with Gasteiger partial charge in [-0.15, -0.1) is 10.2 Å². The van der Waals surface area contributed by atoms with E-state index >= 15 is 0 Å². The third-order valence-corrected chi connectivity index (χ3v) is 5.29. The molecule has 2 aromatic carbocycles. The van der Waals surface area contributed by atoms with Crippen LogP contribution in [0.4, 0.5) is 24.5 Å². The van der Waals surface area contributed by atoms with E-state index in [-0.39, 0.29) is 13.1 Å². The van der Waals surface area contributed by atoms with Gasteiger partial charge in [-0.05, 0) is 48.0 Å². The number of nitrogens with one attached hydrogen (secondary N) is 1. The van der Waals surface area contributed by atoms with Crippen LogP contribution in [0.1, 0.15) is 12.0 Å². The molecule has 2 heterocycles. The molecule has 1 saturated heterocycles. The van der Waals surface area contributed by atoms with Gasteiger partial charge in [0.05, 0.1) is 24.3 Å². The maximum absolute atomic E-state index is 12.8. The fourth-order valence-corrected chi connectivity index (χ4v) is 3.70. The number of aromatic nitrogens is 4. The number of aldehydes is 1. The molecule has 1 fully saturated rings. The molecule has 0 amide bonds. The van der Waals surface area contributed by atoms with Gasteiger partial charge in [-0.25, -0.2) is 0 Å². The Kier molecular flexibility index (Phi) is 5.94. The minimum Gasteiger partial charge on any atom is -0.386 e. The number of alkyl halides is 3. The van der Waals surface area contributed by atoms with E-state index in [4.69, 9.17) is 0 Å². The number of carbonyl (C=O) groups is 1. The molecule has 0 saturated carbocycles. The number of carbonyl (C=O) groups excluding carboxylic acids is 1. The fourth-order valence-electron chi connectivity index (χ4n) is 3.70. The third kappa shape index (κ3) is 4.94. The summed E-state index contributed by atoms with van der Waals surface area (Å²) < 4.78 is 38.4. The van der Waals surface area contributed by atoms with Crippen LogP contribution < -0.4 is 5.32 Å². The number of benzene rings is 2. The van der Waals surface area contributed by atoms with Crippen molar-refractivity contribution in [1.82, 2.24) is 25.1 Å². The van der Waals surface area contributed by atoms with Crippen molar-refractivity contribution in [2.24, 2.45) is 0 Å². The molecule has 1 atom stereocenters. The molecular formula is C21H21F3N6O2. The van der Waals surface area contributed by atoms with Crippen LogP contribution in [0, 0.1) is 0 Å². The van der Waals surface area contributed by atoms with Crippen molar-refractivity contribution >= 4 is 17.7 Å². The summed E-state index contributed by atoms with van der Waals surface area (Å²) in [5, 5.41) is 26.3. The van der Waals surface area contributed by atoms with Gasteiger partial charge < -0.3 is 15.2 Å². The Bertz CT molecular complexity index is 1090. The predicted molar refractivity (Wildman–Crippen MR) is 110 cm³/mol. The summed E-state index contributed by atoms with van der Waals surface area (Å²) in [4.78, 5) is 13.9. The van der Waals surface area contributed by atoms with Crippen LogP contribution in [0.3, 0.4) is 0 Å². The molecule has 0 bridgehead atoms. The van der Waals surface area contributed by atoms with Gasteiger partial charge in [-0.3, -0.25) is 4.90 Å². The van der Waals surface area contributed by atoms with E-state index in [1.807, 2.05) is 4.90 Å². The Hall–Kier alpha value is -3.31. The maximum atomic E-state index is 12.8. The molecule has 8 nitrogen and oxygen atoms in total. The van der Waals surface area contributed by atoms with Crippen LogP contribution >= 0.6 is 0 Å². The van der Waals surface area contributed by atoms with Crippen molar-refractivity contribution in [3.63, 3.8) is 0 Å². The van der Waals surface area contributed by atoms with Gasteiger partial charge in [0.15, 0.2) is 0 Å². The summed E-state index contributed by atoms with van der Waals surface area (Å²) in [5.41, 5.74) is -0.0898. The Morgan fingerprint density at radius 1 is 1.16 bits per heavy atom. The number of β-amino-alcohol motifs (C(OH)–C–C–N with tert-alkyl or cyclic N) is 1. The Morgan fingerprint density at radius 3 is 2.62 bits per heavy atom. The maximum Gasteiger partial charge on any atom is 0.416 e. The van der Waals surface area contributed by atoms with Crippen molar-refractivity contribution in [3.8, 4) is 11.4 Å². The summed E-state index contributed by atoms with van der Waals surface area (Å²) in [6.07, 6.45) is -3.10. The highest BCUT2D eigenvalue weighted by Gasteiger charge is 2.37. The number of hydrogen-bond donors (Lipinski definition) is 2. The second-order valence-corrected chi connectivity index (χ2v) is 7.77. The fraction of sp³-hybridized carbons (Fsp3) is 0.333. The third-order valence-electron chi connectivity index (χ3n) is 5.29. The van der Waals surface area contributed by atoms with E-state index < -0.39 is 17.3 Å². The first-order chi connectivity index (χ1) is 15.3. The quantitative estimate of drug-likeness (QED) is 0.539. The molecule has 1 aliphatic heterocycles. The first-order valence-electron chi connectivity index (χ1n) is 9.96. The Balaban J connectivity index is 1.50. The topological polar surface area (TPSA) is 96.2 Å². The van der Waals surface area contributed by atoms with E-state index in [1.165, 1.54) is 16.9 Å². The highest BCUT2D eigenvalue weighted by atomic mass is 19.4. The number of halogens is 3. The molecule has 11 heteroatoms. The monoisotopic (exact) mass is 446 g/mol. The molecule has 2 N–H and O–H groups in total. The Labute approximate surface area is 181 Å². The van der Waals surface area contributed by atoms with Gasteiger partial charge in [0.25, 0.3) is 0 Å². The molecule has 0 spiro atoms. The van der Waals surface area contributed by atoms with Crippen molar-refractivity contribution in [3.05, 3.63) is 54.1 Å². The standard InChI is InChI=1S/C21H21F3N6O2/c22-21(23,24)15-5-7-16(8-6-15)25-18-4-2-1-3-17(18)19-26-28-30(27-19)14-20(32)9-10-29(13-20)11-12-31/h1-8,12,25,32H,9-11,13-14H2/t20-/m1/s1. The van der Waals surface area contributed by atoms with E-state index in [2.05, 4.69) is 20.7 Å². The van der Waals surface area contributed by atoms with Crippen molar-refractivity contribution in [2.75, 3.05) is 25.0 Å². The van der Waals surface area contributed by atoms with Crippen molar-refractivity contribution < 1.29 is 23.1 Å². The van der Waals surface area contributed by atoms with Crippen LogP contribution in [0.5, 0.6) is 0 Å². The largest absolute Gasteiger partial charge is 0.416 e. The van der Waals surface area contributed by atoms with Crippen LogP contribution in [-0.2, 0) is 17.5 Å². The zero-order chi connectivity index (χ0) is 22.8. The lowest BCUT2D eigenvalue weighted by Gasteiger charge is -2.21. The summed E-state index contributed by atoms with van der Waals surface area (Å²) in [6.45, 7) is 1.34. The summed E-state index contributed by atoms with van der Waals surface area (Å²) in [7, 11) is 0. The molecule has 3 aromatic rings. The minimum absolute atomic E-state index is 0.129. The highest BCUT2D eigenvalue weighted by molar-refractivity contribution is 5.77. The van der Waals surface area contributed by atoms with Gasteiger partial charge in [-0.1, -0.05) is 12.1 Å². The van der Waals surface area contributed by atoms with E-state index in [9.17, 15) is 23.1 Å². The van der Waals surface area contributed by atoms with Gasteiger partial charge in [0, 0.05) is 30.0 Å². The number of anilines is 2. The first-order valence-corrected chi connectivity index (χ1v) is 9.96. The van der Waals surface area contributed by atoms with Crippen molar-refractivity contribution in [1.29, 1.82) is 0 Å². The number of rotatable bonds is 7. The smallest absolute Gasteiger partial charge is 0.386 e. The second kappa shape index (κ2) is 8.67. The molecular weight excluding hydrogens is 425 g/mol. The molecule has 4 rings (SSSR count). The van der Waals surface area contributed by atoms with E-state index in [0.717, 1.165) is 18.4 Å². The molecule has 32 heavy (non-hydrogen) atoms. The van der Waals surface area contributed by atoms with Crippen LogP contribution in [-0.4, -0.2) is 61.7 Å². The lowest BCUT2D eigenvalue weighted by atomic mass is 10.0. The molecule has 168 valence electrons. The summed E-state index contributed by atoms with van der Waals surface area (Å²) in [6, 6.07) is 11.8. The number of nitrogens with zero attached hydrogens (tertiary/aromatic N) is 5.